The average Bonchev–Trinajstić information content (AvgIpc) is 3.48. The summed E-state index contributed by atoms with van der Waals surface area (Å²) in [4.78, 5) is 40.6. The van der Waals surface area contributed by atoms with Crippen molar-refractivity contribution in [2.75, 3.05) is 44.3 Å². The Balaban J connectivity index is 0.000000226. The molecule has 4 aliphatic heterocycles. The fourth-order valence-electron chi connectivity index (χ4n) is 7.44. The minimum Gasteiger partial charge on any atom is -0.377 e. The minimum absolute atomic E-state index is 0.120. The standard InChI is InChI=1S/C27H31N3O4.C14H21NO/c31-25-9-8-24(26(32)28-25)30-17-21-16-22(6-7-23(21)27(30)33)29-13-10-19(11-14-29)12-15-34-18-20-4-2-1-3-5-20;1-2-4-14(5-3-1)12-16-11-8-13-6-9-15-10-7-13/h1-7,16,19,24H,8-15,17-18H2,(H,28,31,32);1-5,13,15H,6-12H2. The van der Waals surface area contributed by atoms with Crippen LogP contribution in [0.25, 0.3) is 0 Å². The quantitative estimate of drug-likeness (QED) is 0.183. The molecule has 0 aromatic heterocycles. The summed E-state index contributed by atoms with van der Waals surface area (Å²) in [7, 11) is 0. The van der Waals surface area contributed by atoms with E-state index in [0.717, 1.165) is 69.3 Å². The third kappa shape index (κ3) is 10.0. The van der Waals surface area contributed by atoms with Crippen molar-refractivity contribution in [1.82, 2.24) is 15.5 Å². The van der Waals surface area contributed by atoms with Crippen molar-refractivity contribution in [3.8, 4) is 0 Å². The van der Waals surface area contributed by atoms with Crippen LogP contribution >= 0.6 is 0 Å². The van der Waals surface area contributed by atoms with Crippen molar-refractivity contribution in [2.45, 2.75) is 77.2 Å². The molecule has 7 rings (SSSR count). The van der Waals surface area contributed by atoms with E-state index in [2.05, 4.69) is 58.0 Å². The summed E-state index contributed by atoms with van der Waals surface area (Å²) < 4.78 is 11.6. The highest BCUT2D eigenvalue weighted by Gasteiger charge is 2.39. The Morgan fingerprint density at radius 2 is 1.30 bits per heavy atom. The fraction of sp³-hybridized carbons (Fsp3) is 0.488. The van der Waals surface area contributed by atoms with E-state index in [1.165, 1.54) is 43.5 Å². The Labute approximate surface area is 296 Å². The van der Waals surface area contributed by atoms with Crippen molar-refractivity contribution in [1.29, 1.82) is 0 Å². The number of rotatable bonds is 12. The molecule has 1 atom stereocenters. The normalized spacial score (nSPS) is 19.9. The summed E-state index contributed by atoms with van der Waals surface area (Å²) in [5, 5.41) is 5.75. The summed E-state index contributed by atoms with van der Waals surface area (Å²) in [5.41, 5.74) is 5.24. The third-order valence-corrected chi connectivity index (χ3v) is 10.5. The molecule has 266 valence electrons. The number of hydrogen-bond acceptors (Lipinski definition) is 7. The van der Waals surface area contributed by atoms with Gasteiger partial charge in [0, 0.05) is 50.5 Å². The Morgan fingerprint density at radius 3 is 1.90 bits per heavy atom. The van der Waals surface area contributed by atoms with Crippen LogP contribution in [0.2, 0.25) is 0 Å². The molecule has 9 nitrogen and oxygen atoms in total. The van der Waals surface area contributed by atoms with Gasteiger partial charge in [0.2, 0.25) is 11.8 Å². The van der Waals surface area contributed by atoms with E-state index in [-0.39, 0.29) is 24.1 Å². The first-order valence-electron chi connectivity index (χ1n) is 18.5. The first kappa shape index (κ1) is 35.8. The molecule has 0 saturated carbocycles. The summed E-state index contributed by atoms with van der Waals surface area (Å²) in [6.07, 6.45) is 7.85. The van der Waals surface area contributed by atoms with Gasteiger partial charge < -0.3 is 24.6 Å². The minimum atomic E-state index is -0.569. The van der Waals surface area contributed by atoms with Gasteiger partial charge in [0.25, 0.3) is 5.91 Å². The topological polar surface area (TPSA) is 100 Å². The van der Waals surface area contributed by atoms with Gasteiger partial charge in [-0.25, -0.2) is 0 Å². The number of nitrogens with zero attached hydrogens (tertiary/aromatic N) is 2. The smallest absolute Gasteiger partial charge is 0.255 e. The second-order valence-corrected chi connectivity index (χ2v) is 14.0. The van der Waals surface area contributed by atoms with Crippen LogP contribution in [0.5, 0.6) is 0 Å². The summed E-state index contributed by atoms with van der Waals surface area (Å²) in [5.74, 6) is 0.791. The molecule has 3 aromatic carbocycles. The number of amides is 3. The number of ether oxygens (including phenoxy) is 2. The first-order chi connectivity index (χ1) is 24.5. The lowest BCUT2D eigenvalue weighted by molar-refractivity contribution is -0.136. The molecule has 0 radical (unpaired) electrons. The van der Waals surface area contributed by atoms with E-state index in [4.69, 9.17) is 9.47 Å². The number of benzene rings is 3. The zero-order valence-corrected chi connectivity index (χ0v) is 29.2. The highest BCUT2D eigenvalue weighted by atomic mass is 16.5. The monoisotopic (exact) mass is 680 g/mol. The molecule has 9 heteroatoms. The maximum absolute atomic E-state index is 12.9. The lowest BCUT2D eigenvalue weighted by Crippen LogP contribution is -2.52. The van der Waals surface area contributed by atoms with Crippen LogP contribution < -0.4 is 15.5 Å². The number of nitrogens with one attached hydrogen (secondary N) is 2. The van der Waals surface area contributed by atoms with E-state index < -0.39 is 6.04 Å². The van der Waals surface area contributed by atoms with Crippen LogP contribution in [0.15, 0.2) is 78.9 Å². The van der Waals surface area contributed by atoms with Crippen LogP contribution in [0.3, 0.4) is 0 Å². The SMILES string of the molecule is O=C1CCC(N2Cc3cc(N4CCC(CCOCc5ccccc5)CC4)ccc3C2=O)C(=O)N1.c1ccc(COCCC2CCNCC2)cc1. The van der Waals surface area contributed by atoms with Crippen LogP contribution in [0.1, 0.15) is 78.4 Å². The lowest BCUT2D eigenvalue weighted by Gasteiger charge is -2.34. The highest BCUT2D eigenvalue weighted by molar-refractivity contribution is 6.05. The number of imide groups is 1. The number of anilines is 1. The van der Waals surface area contributed by atoms with E-state index in [1.807, 2.05) is 36.4 Å². The number of carbonyl (C=O) groups excluding carboxylic acids is 3. The lowest BCUT2D eigenvalue weighted by atomic mass is 9.93. The molecule has 0 spiro atoms. The molecule has 3 aromatic rings. The van der Waals surface area contributed by atoms with Crippen LogP contribution in [-0.2, 0) is 38.8 Å². The average molecular weight is 681 g/mol. The zero-order valence-electron chi connectivity index (χ0n) is 29.2. The molecule has 0 aliphatic carbocycles. The van der Waals surface area contributed by atoms with Crippen LogP contribution in [-0.4, -0.2) is 68.1 Å². The van der Waals surface area contributed by atoms with Crippen molar-refractivity contribution in [3.63, 3.8) is 0 Å². The van der Waals surface area contributed by atoms with Crippen molar-refractivity contribution < 1.29 is 23.9 Å². The second kappa shape index (κ2) is 18.3. The van der Waals surface area contributed by atoms with Gasteiger partial charge in [0.15, 0.2) is 0 Å². The molecule has 4 heterocycles. The van der Waals surface area contributed by atoms with Gasteiger partial charge >= 0.3 is 0 Å². The maximum atomic E-state index is 12.9. The predicted molar refractivity (Wildman–Crippen MR) is 194 cm³/mol. The Morgan fingerprint density at radius 1 is 0.700 bits per heavy atom. The number of hydrogen-bond donors (Lipinski definition) is 2. The fourth-order valence-corrected chi connectivity index (χ4v) is 7.44. The van der Waals surface area contributed by atoms with Crippen LogP contribution in [0, 0.1) is 11.8 Å². The molecular weight excluding hydrogens is 628 g/mol. The Hall–Kier alpha value is -4.05. The molecular formula is C41H52N4O5. The zero-order chi connectivity index (χ0) is 34.5. The molecule has 0 bridgehead atoms. The summed E-state index contributed by atoms with van der Waals surface area (Å²) >= 11 is 0. The van der Waals surface area contributed by atoms with Crippen molar-refractivity contribution in [2.24, 2.45) is 11.8 Å². The number of piperidine rings is 3. The van der Waals surface area contributed by atoms with Crippen LogP contribution in [0.4, 0.5) is 5.69 Å². The van der Waals surface area contributed by atoms with E-state index in [1.54, 1.807) is 4.90 Å². The largest absolute Gasteiger partial charge is 0.377 e. The molecule has 3 fully saturated rings. The highest BCUT2D eigenvalue weighted by Crippen LogP contribution is 2.32. The Kier molecular flexibility index (Phi) is 13.1. The van der Waals surface area contributed by atoms with E-state index in [0.29, 0.717) is 31.1 Å². The molecule has 3 amide bonds. The molecule has 50 heavy (non-hydrogen) atoms. The maximum Gasteiger partial charge on any atom is 0.255 e. The molecule has 3 saturated heterocycles. The van der Waals surface area contributed by atoms with Gasteiger partial charge in [0.05, 0.1) is 13.2 Å². The van der Waals surface area contributed by atoms with Gasteiger partial charge in [-0.1, -0.05) is 60.7 Å². The second-order valence-electron chi connectivity index (χ2n) is 14.0. The van der Waals surface area contributed by atoms with E-state index in [9.17, 15) is 14.4 Å². The molecule has 4 aliphatic rings. The van der Waals surface area contributed by atoms with Crippen molar-refractivity contribution >= 4 is 23.4 Å². The van der Waals surface area contributed by atoms with Gasteiger partial charge in [-0.05, 0) is 105 Å². The van der Waals surface area contributed by atoms with Gasteiger partial charge in [0.1, 0.15) is 6.04 Å². The van der Waals surface area contributed by atoms with E-state index >= 15 is 0 Å². The van der Waals surface area contributed by atoms with Gasteiger partial charge in [-0.2, -0.15) is 0 Å². The number of fused-ring (bicyclic) bond motifs is 1. The Bertz CT molecular complexity index is 1540. The van der Waals surface area contributed by atoms with Gasteiger partial charge in [-0.3, -0.25) is 19.7 Å². The third-order valence-electron chi connectivity index (χ3n) is 10.5. The summed E-state index contributed by atoms with van der Waals surface area (Å²) in [6.45, 7) is 7.89. The first-order valence-corrected chi connectivity index (χ1v) is 18.5. The number of carbonyl (C=O) groups is 3. The summed E-state index contributed by atoms with van der Waals surface area (Å²) in [6, 6.07) is 26.1. The predicted octanol–water partition coefficient (Wildman–Crippen LogP) is 5.86. The van der Waals surface area contributed by atoms with Crippen molar-refractivity contribution in [3.05, 3.63) is 101 Å². The molecule has 1 unspecified atom stereocenters. The molecule has 2 N–H and O–H groups in total. The van der Waals surface area contributed by atoms with Gasteiger partial charge in [-0.15, -0.1) is 0 Å².